The van der Waals surface area contributed by atoms with Gasteiger partial charge in [-0.05, 0) is 44.5 Å². The SMILES string of the molecule is CC(C)(NCCCNS(C)(=O)=O)c1ccc(Cl)cc1. The molecule has 0 aliphatic heterocycles. The van der Waals surface area contributed by atoms with Crippen LogP contribution in [0.25, 0.3) is 0 Å². The molecule has 0 heterocycles. The van der Waals surface area contributed by atoms with E-state index in [2.05, 4.69) is 23.9 Å². The molecular formula is C13H21ClN2O2S. The maximum atomic E-state index is 10.9. The number of halogens is 1. The summed E-state index contributed by atoms with van der Waals surface area (Å²) in [6.45, 7) is 5.35. The quantitative estimate of drug-likeness (QED) is 0.759. The normalized spacial score (nSPS) is 12.6. The molecule has 0 bridgehead atoms. The van der Waals surface area contributed by atoms with Crippen LogP contribution >= 0.6 is 11.6 Å². The minimum absolute atomic E-state index is 0.171. The second-order valence-electron chi connectivity index (χ2n) is 5.08. The van der Waals surface area contributed by atoms with Crippen molar-refractivity contribution in [1.82, 2.24) is 10.0 Å². The van der Waals surface area contributed by atoms with E-state index in [-0.39, 0.29) is 5.54 Å². The van der Waals surface area contributed by atoms with Gasteiger partial charge < -0.3 is 5.32 Å². The maximum Gasteiger partial charge on any atom is 0.208 e. The highest BCUT2D eigenvalue weighted by molar-refractivity contribution is 7.88. The summed E-state index contributed by atoms with van der Waals surface area (Å²) in [6, 6.07) is 7.71. The molecule has 0 saturated carbocycles. The molecule has 1 aromatic carbocycles. The molecule has 0 aliphatic carbocycles. The summed E-state index contributed by atoms with van der Waals surface area (Å²) in [7, 11) is -3.09. The summed E-state index contributed by atoms with van der Waals surface area (Å²) in [5.41, 5.74) is 0.975. The van der Waals surface area contributed by atoms with Crippen LogP contribution in [0, 0.1) is 0 Å². The molecule has 1 rings (SSSR count). The van der Waals surface area contributed by atoms with Crippen LogP contribution in [0.5, 0.6) is 0 Å². The summed E-state index contributed by atoms with van der Waals surface area (Å²) in [6.07, 6.45) is 1.90. The molecule has 0 aliphatic rings. The van der Waals surface area contributed by atoms with E-state index in [1.165, 1.54) is 0 Å². The van der Waals surface area contributed by atoms with Gasteiger partial charge in [-0.1, -0.05) is 23.7 Å². The molecule has 0 fully saturated rings. The van der Waals surface area contributed by atoms with Gasteiger partial charge in [0.15, 0.2) is 0 Å². The Morgan fingerprint density at radius 3 is 2.26 bits per heavy atom. The van der Waals surface area contributed by atoms with E-state index in [4.69, 9.17) is 11.6 Å². The van der Waals surface area contributed by atoms with Gasteiger partial charge in [0.2, 0.25) is 10.0 Å². The van der Waals surface area contributed by atoms with Gasteiger partial charge in [0.25, 0.3) is 0 Å². The van der Waals surface area contributed by atoms with Crippen molar-refractivity contribution in [1.29, 1.82) is 0 Å². The molecule has 0 unspecified atom stereocenters. The third kappa shape index (κ3) is 6.38. The van der Waals surface area contributed by atoms with E-state index >= 15 is 0 Å². The summed E-state index contributed by atoms with van der Waals surface area (Å²) >= 11 is 5.86. The van der Waals surface area contributed by atoms with Crippen LogP contribution in [0.3, 0.4) is 0 Å². The fourth-order valence-electron chi connectivity index (χ4n) is 1.72. The minimum atomic E-state index is -3.09. The predicted molar refractivity (Wildman–Crippen MR) is 79.9 cm³/mol. The first-order valence-corrected chi connectivity index (χ1v) is 8.43. The van der Waals surface area contributed by atoms with E-state index in [9.17, 15) is 8.42 Å². The van der Waals surface area contributed by atoms with Crippen molar-refractivity contribution in [3.05, 3.63) is 34.9 Å². The van der Waals surface area contributed by atoms with Crippen LogP contribution in [-0.4, -0.2) is 27.8 Å². The van der Waals surface area contributed by atoms with E-state index in [1.807, 2.05) is 24.3 Å². The van der Waals surface area contributed by atoms with Gasteiger partial charge in [-0.15, -0.1) is 0 Å². The average Bonchev–Trinajstić information content (AvgIpc) is 2.27. The molecule has 4 nitrogen and oxygen atoms in total. The first kappa shape index (κ1) is 16.4. The second-order valence-corrected chi connectivity index (χ2v) is 7.35. The van der Waals surface area contributed by atoms with Gasteiger partial charge in [-0.2, -0.15) is 0 Å². The largest absolute Gasteiger partial charge is 0.308 e. The number of rotatable bonds is 7. The van der Waals surface area contributed by atoms with Crippen LogP contribution in [0.1, 0.15) is 25.8 Å². The molecule has 0 aromatic heterocycles. The van der Waals surface area contributed by atoms with Crippen molar-refractivity contribution in [2.24, 2.45) is 0 Å². The van der Waals surface area contributed by atoms with Crippen LogP contribution in [0.2, 0.25) is 5.02 Å². The van der Waals surface area contributed by atoms with E-state index in [0.717, 1.165) is 29.8 Å². The average molecular weight is 305 g/mol. The number of nitrogens with one attached hydrogen (secondary N) is 2. The van der Waals surface area contributed by atoms with Gasteiger partial charge in [0, 0.05) is 17.1 Å². The highest BCUT2D eigenvalue weighted by Crippen LogP contribution is 2.21. The summed E-state index contributed by atoms with van der Waals surface area (Å²) in [5.74, 6) is 0. The smallest absolute Gasteiger partial charge is 0.208 e. The van der Waals surface area contributed by atoms with Crippen LogP contribution in [0.4, 0.5) is 0 Å². The van der Waals surface area contributed by atoms with Gasteiger partial charge in [0.1, 0.15) is 0 Å². The number of hydrogen-bond acceptors (Lipinski definition) is 3. The summed E-state index contributed by atoms with van der Waals surface area (Å²) in [4.78, 5) is 0. The van der Waals surface area contributed by atoms with E-state index in [1.54, 1.807) is 0 Å². The number of benzene rings is 1. The van der Waals surface area contributed by atoms with Gasteiger partial charge in [-0.3, -0.25) is 0 Å². The topological polar surface area (TPSA) is 58.2 Å². The molecule has 6 heteroatoms. The molecule has 108 valence electrons. The molecule has 0 spiro atoms. The Kier molecular flexibility index (Phi) is 5.80. The van der Waals surface area contributed by atoms with Crippen molar-refractivity contribution < 1.29 is 8.42 Å². The van der Waals surface area contributed by atoms with Crippen molar-refractivity contribution >= 4 is 21.6 Å². The standard InChI is InChI=1S/C13H21ClN2O2S/c1-13(2,11-5-7-12(14)8-6-11)15-9-4-10-16-19(3,17)18/h5-8,15-16H,4,9-10H2,1-3H3. The summed E-state index contributed by atoms with van der Waals surface area (Å²) in [5, 5.41) is 4.12. The first-order chi connectivity index (χ1) is 8.71. The molecule has 0 atom stereocenters. The van der Waals surface area contributed by atoms with Crippen molar-refractivity contribution in [3.63, 3.8) is 0 Å². The molecule has 2 N–H and O–H groups in total. The number of sulfonamides is 1. The molecule has 0 radical (unpaired) electrons. The lowest BCUT2D eigenvalue weighted by atomic mass is 9.94. The lowest BCUT2D eigenvalue weighted by Gasteiger charge is -2.27. The first-order valence-electron chi connectivity index (χ1n) is 6.16. The minimum Gasteiger partial charge on any atom is -0.308 e. The Morgan fingerprint density at radius 2 is 1.74 bits per heavy atom. The lowest BCUT2D eigenvalue weighted by molar-refractivity contribution is 0.400. The maximum absolute atomic E-state index is 10.9. The van der Waals surface area contributed by atoms with Crippen molar-refractivity contribution in [2.45, 2.75) is 25.8 Å². The van der Waals surface area contributed by atoms with Crippen molar-refractivity contribution in [3.8, 4) is 0 Å². The fraction of sp³-hybridized carbons (Fsp3) is 0.538. The fourth-order valence-corrected chi connectivity index (χ4v) is 2.36. The Morgan fingerprint density at radius 1 is 1.16 bits per heavy atom. The third-order valence-corrected chi connectivity index (χ3v) is 3.83. The number of hydrogen-bond donors (Lipinski definition) is 2. The Labute approximate surface area is 120 Å². The second kappa shape index (κ2) is 6.70. The highest BCUT2D eigenvalue weighted by atomic mass is 35.5. The zero-order valence-corrected chi connectivity index (χ0v) is 13.1. The zero-order chi connectivity index (χ0) is 14.5. The van der Waals surface area contributed by atoms with Crippen LogP contribution < -0.4 is 10.0 Å². The molecule has 0 amide bonds. The zero-order valence-electron chi connectivity index (χ0n) is 11.5. The van der Waals surface area contributed by atoms with E-state index in [0.29, 0.717) is 6.54 Å². The van der Waals surface area contributed by atoms with Gasteiger partial charge >= 0.3 is 0 Å². The Hall–Kier alpha value is -0.620. The van der Waals surface area contributed by atoms with Gasteiger partial charge in [-0.25, -0.2) is 13.1 Å². The predicted octanol–water partition coefficient (Wildman–Crippen LogP) is 2.10. The third-order valence-electron chi connectivity index (χ3n) is 2.85. The molecule has 0 saturated heterocycles. The Balaban J connectivity index is 2.41. The van der Waals surface area contributed by atoms with Crippen molar-refractivity contribution in [2.75, 3.05) is 19.3 Å². The highest BCUT2D eigenvalue weighted by Gasteiger charge is 2.18. The van der Waals surface area contributed by atoms with Crippen LogP contribution in [0.15, 0.2) is 24.3 Å². The Bertz CT molecular complexity index is 498. The summed E-state index contributed by atoms with van der Waals surface area (Å²) < 4.78 is 24.3. The molecule has 19 heavy (non-hydrogen) atoms. The lowest BCUT2D eigenvalue weighted by Crippen LogP contribution is -2.38. The molecule has 1 aromatic rings. The monoisotopic (exact) mass is 304 g/mol. The van der Waals surface area contributed by atoms with Gasteiger partial charge in [0.05, 0.1) is 6.26 Å². The van der Waals surface area contributed by atoms with Crippen LogP contribution in [-0.2, 0) is 15.6 Å². The van der Waals surface area contributed by atoms with E-state index < -0.39 is 10.0 Å². The molecular weight excluding hydrogens is 284 g/mol.